The van der Waals surface area contributed by atoms with Gasteiger partial charge >= 0.3 is 15.6 Å². The van der Waals surface area contributed by atoms with Crippen molar-refractivity contribution in [3.8, 4) is 5.75 Å². The normalized spacial score (nSPS) is 12.2. The molecule has 1 rings (SSSR count). The number of rotatable bonds is 4. The fourth-order valence-corrected chi connectivity index (χ4v) is 1.69. The molecule has 0 saturated carbocycles. The molecule has 0 heterocycles. The lowest BCUT2D eigenvalue weighted by Crippen LogP contribution is -2.28. The van der Waals surface area contributed by atoms with Gasteiger partial charge < -0.3 is 4.18 Å². The highest BCUT2D eigenvalue weighted by molar-refractivity contribution is 7.88. The second-order valence-electron chi connectivity index (χ2n) is 3.32. The molecule has 0 bridgehead atoms. The van der Waals surface area contributed by atoms with Crippen molar-refractivity contribution >= 4 is 16.4 Å². The lowest BCUT2D eigenvalue weighted by Gasteiger charge is -2.12. The largest absolute Gasteiger partial charge is 0.534 e. The molecule has 0 N–H and O–H groups in total. The molecular weight excluding hydrogens is 273 g/mol. The van der Waals surface area contributed by atoms with E-state index in [1.54, 1.807) is 6.92 Å². The number of benzene rings is 1. The summed E-state index contributed by atoms with van der Waals surface area (Å²) in [6.45, 7) is 1.59. The molecule has 0 aromatic heterocycles. The summed E-state index contributed by atoms with van der Waals surface area (Å²) in [5.74, 6) is -0.430. The molecule has 4 nitrogen and oxygen atoms in total. The molecule has 0 radical (unpaired) electrons. The Balaban J connectivity index is 3.17. The molecule has 0 saturated heterocycles. The Morgan fingerprint density at radius 2 is 1.94 bits per heavy atom. The van der Waals surface area contributed by atoms with Crippen molar-refractivity contribution in [3.63, 3.8) is 0 Å². The van der Waals surface area contributed by atoms with Crippen LogP contribution in [-0.4, -0.2) is 20.2 Å². The van der Waals surface area contributed by atoms with E-state index in [2.05, 4.69) is 4.18 Å². The Hall–Kier alpha value is -1.57. The number of aldehydes is 1. The predicted molar refractivity (Wildman–Crippen MR) is 56.8 cm³/mol. The van der Waals surface area contributed by atoms with Gasteiger partial charge in [-0.2, -0.15) is 21.6 Å². The van der Waals surface area contributed by atoms with Crippen molar-refractivity contribution in [3.05, 3.63) is 29.3 Å². The van der Waals surface area contributed by atoms with Crippen LogP contribution in [0.15, 0.2) is 18.2 Å². The number of hydrogen-bond acceptors (Lipinski definition) is 4. The van der Waals surface area contributed by atoms with E-state index in [9.17, 15) is 26.4 Å². The van der Waals surface area contributed by atoms with E-state index in [1.165, 1.54) is 12.1 Å². The third-order valence-corrected chi connectivity index (χ3v) is 3.05. The van der Waals surface area contributed by atoms with Crippen molar-refractivity contribution in [1.82, 2.24) is 0 Å². The standard InChI is InChI=1S/C10H9F3O4S/c1-2-8-5-7(6-14)3-4-9(8)17-18(15,16)10(11,12)13/h3-6H,2H2,1H3. The molecule has 0 amide bonds. The lowest BCUT2D eigenvalue weighted by molar-refractivity contribution is -0.0500. The van der Waals surface area contributed by atoms with Gasteiger partial charge in [-0.05, 0) is 30.2 Å². The van der Waals surface area contributed by atoms with Crippen molar-refractivity contribution in [2.75, 3.05) is 0 Å². The van der Waals surface area contributed by atoms with E-state index in [-0.39, 0.29) is 17.5 Å². The zero-order valence-electron chi connectivity index (χ0n) is 9.19. The van der Waals surface area contributed by atoms with Crippen molar-refractivity contribution in [2.24, 2.45) is 0 Å². The number of halogens is 3. The van der Waals surface area contributed by atoms with Crippen LogP contribution in [0.3, 0.4) is 0 Å². The topological polar surface area (TPSA) is 60.4 Å². The first-order valence-corrected chi connectivity index (χ1v) is 6.21. The summed E-state index contributed by atoms with van der Waals surface area (Å²) in [6, 6.07) is 3.47. The van der Waals surface area contributed by atoms with Crippen LogP contribution in [0.1, 0.15) is 22.8 Å². The number of carbonyl (C=O) groups excluding carboxylic acids is 1. The van der Waals surface area contributed by atoms with Crippen LogP contribution < -0.4 is 4.18 Å². The zero-order chi connectivity index (χ0) is 14.0. The molecule has 0 fully saturated rings. The van der Waals surface area contributed by atoms with Gasteiger partial charge in [-0.1, -0.05) is 6.92 Å². The van der Waals surface area contributed by atoms with Crippen LogP contribution in [0.25, 0.3) is 0 Å². The predicted octanol–water partition coefficient (Wildman–Crippen LogP) is 2.29. The van der Waals surface area contributed by atoms with Crippen LogP contribution in [0, 0.1) is 0 Å². The third-order valence-electron chi connectivity index (χ3n) is 2.08. The monoisotopic (exact) mass is 282 g/mol. The maximum Gasteiger partial charge on any atom is 0.534 e. The maximum absolute atomic E-state index is 12.1. The molecule has 0 spiro atoms. The maximum atomic E-state index is 12.1. The van der Waals surface area contributed by atoms with E-state index in [0.717, 1.165) is 6.07 Å². The SMILES string of the molecule is CCc1cc(C=O)ccc1OS(=O)(=O)C(F)(F)F. The van der Waals surface area contributed by atoms with Crippen molar-refractivity contribution in [1.29, 1.82) is 0 Å². The third kappa shape index (κ3) is 3.00. The second-order valence-corrected chi connectivity index (χ2v) is 4.86. The van der Waals surface area contributed by atoms with E-state index in [1.807, 2.05) is 0 Å². The second kappa shape index (κ2) is 4.97. The van der Waals surface area contributed by atoms with Gasteiger partial charge in [-0.25, -0.2) is 0 Å². The first kappa shape index (κ1) is 14.5. The van der Waals surface area contributed by atoms with Gasteiger partial charge in [0.05, 0.1) is 0 Å². The van der Waals surface area contributed by atoms with E-state index in [4.69, 9.17) is 0 Å². The summed E-state index contributed by atoms with van der Waals surface area (Å²) in [5, 5.41) is 0. The fourth-order valence-electron chi connectivity index (χ4n) is 1.20. The van der Waals surface area contributed by atoms with Crippen LogP contribution in [0.4, 0.5) is 13.2 Å². The van der Waals surface area contributed by atoms with Gasteiger partial charge in [0.15, 0.2) is 0 Å². The molecule has 8 heteroatoms. The summed E-state index contributed by atoms with van der Waals surface area (Å²) < 4.78 is 62.1. The molecule has 0 aliphatic carbocycles. The van der Waals surface area contributed by atoms with E-state index >= 15 is 0 Å². The van der Waals surface area contributed by atoms with Gasteiger partial charge in [-0.15, -0.1) is 0 Å². The molecule has 1 aromatic carbocycles. The molecule has 0 aliphatic rings. The van der Waals surface area contributed by atoms with Crippen molar-refractivity contribution < 1.29 is 30.6 Å². The number of hydrogen-bond donors (Lipinski definition) is 0. The minimum absolute atomic E-state index is 0.201. The van der Waals surface area contributed by atoms with Crippen LogP contribution in [-0.2, 0) is 16.5 Å². The Morgan fingerprint density at radius 3 is 2.39 bits per heavy atom. The number of carbonyl (C=O) groups is 1. The molecule has 0 atom stereocenters. The highest BCUT2D eigenvalue weighted by Crippen LogP contribution is 2.29. The molecule has 0 unspecified atom stereocenters. The molecular formula is C10H9F3O4S. The quantitative estimate of drug-likeness (QED) is 0.483. The molecule has 100 valence electrons. The summed E-state index contributed by atoms with van der Waals surface area (Å²) in [5.41, 5.74) is -5.06. The smallest absolute Gasteiger partial charge is 0.376 e. The highest BCUT2D eigenvalue weighted by atomic mass is 32.2. The van der Waals surface area contributed by atoms with Gasteiger partial charge in [0.25, 0.3) is 0 Å². The average Bonchev–Trinajstić information content (AvgIpc) is 2.27. The first-order chi connectivity index (χ1) is 8.21. The Labute approximate surface area is 101 Å². The van der Waals surface area contributed by atoms with Gasteiger partial charge in [0.2, 0.25) is 0 Å². The van der Waals surface area contributed by atoms with Crippen LogP contribution >= 0.6 is 0 Å². The van der Waals surface area contributed by atoms with Crippen LogP contribution in [0.5, 0.6) is 5.75 Å². The fraction of sp³-hybridized carbons (Fsp3) is 0.300. The van der Waals surface area contributed by atoms with Gasteiger partial charge in [-0.3, -0.25) is 4.79 Å². The van der Waals surface area contributed by atoms with E-state index < -0.39 is 21.4 Å². The van der Waals surface area contributed by atoms with Gasteiger partial charge in [0, 0.05) is 5.56 Å². The highest BCUT2D eigenvalue weighted by Gasteiger charge is 2.48. The van der Waals surface area contributed by atoms with Crippen LogP contribution in [0.2, 0.25) is 0 Å². The number of alkyl halides is 3. The first-order valence-electron chi connectivity index (χ1n) is 4.80. The molecule has 1 aromatic rings. The summed E-state index contributed by atoms with van der Waals surface area (Å²) in [6.07, 6.45) is 0.728. The summed E-state index contributed by atoms with van der Waals surface area (Å²) in [4.78, 5) is 10.5. The minimum atomic E-state index is -5.69. The molecule has 0 aliphatic heterocycles. The average molecular weight is 282 g/mol. The Morgan fingerprint density at radius 1 is 1.33 bits per heavy atom. The minimum Gasteiger partial charge on any atom is -0.376 e. The van der Waals surface area contributed by atoms with Gasteiger partial charge in [0.1, 0.15) is 12.0 Å². The van der Waals surface area contributed by atoms with Crippen molar-refractivity contribution in [2.45, 2.75) is 18.9 Å². The zero-order valence-corrected chi connectivity index (χ0v) is 10.0. The molecule has 18 heavy (non-hydrogen) atoms. The number of aryl methyl sites for hydroxylation is 1. The lowest BCUT2D eigenvalue weighted by atomic mass is 10.1. The summed E-state index contributed by atoms with van der Waals surface area (Å²) >= 11 is 0. The Kier molecular flexibility index (Phi) is 4.00. The van der Waals surface area contributed by atoms with E-state index in [0.29, 0.717) is 6.29 Å². The summed E-state index contributed by atoms with van der Waals surface area (Å²) in [7, 11) is -5.69. The Bertz CT molecular complexity index is 549.